The minimum Gasteiger partial charge on any atom is -0.493 e. The zero-order chi connectivity index (χ0) is 13.5. The van der Waals surface area contributed by atoms with Gasteiger partial charge >= 0.3 is 0 Å². The molecule has 0 aliphatic carbocycles. The summed E-state index contributed by atoms with van der Waals surface area (Å²) in [5, 5.41) is 11.2. The molecule has 1 N–H and O–H groups in total. The van der Waals surface area contributed by atoms with Gasteiger partial charge in [0, 0.05) is 12.1 Å². The fraction of sp³-hybridized carbons (Fsp3) is 0.600. The molecule has 3 aliphatic rings. The topological polar surface area (TPSA) is 41.9 Å². The Morgan fingerprint density at radius 3 is 2.47 bits per heavy atom. The molecule has 19 heavy (non-hydrogen) atoms. The molecule has 4 rings (SSSR count). The lowest BCUT2D eigenvalue weighted by Gasteiger charge is -2.50. The van der Waals surface area contributed by atoms with Crippen molar-refractivity contribution in [2.75, 3.05) is 33.9 Å². The molecule has 4 heteroatoms. The highest BCUT2D eigenvalue weighted by Crippen LogP contribution is 2.47. The summed E-state index contributed by atoms with van der Waals surface area (Å²) in [6.07, 6.45) is 2.10. The number of aliphatic hydroxyl groups is 1. The zero-order valence-electron chi connectivity index (χ0n) is 11.6. The van der Waals surface area contributed by atoms with Gasteiger partial charge in [-0.3, -0.25) is 0 Å². The van der Waals surface area contributed by atoms with E-state index in [2.05, 4.69) is 4.90 Å². The van der Waals surface area contributed by atoms with Crippen LogP contribution in [0.4, 0.5) is 0 Å². The van der Waals surface area contributed by atoms with Crippen molar-refractivity contribution in [1.29, 1.82) is 0 Å². The first kappa shape index (κ1) is 12.8. The lowest BCUT2D eigenvalue weighted by atomic mass is 9.71. The van der Waals surface area contributed by atoms with Gasteiger partial charge in [0.05, 0.1) is 14.2 Å². The molecular weight excluding hydrogens is 242 g/mol. The van der Waals surface area contributed by atoms with Crippen LogP contribution in [0.2, 0.25) is 0 Å². The number of rotatable bonds is 3. The van der Waals surface area contributed by atoms with Crippen molar-refractivity contribution in [1.82, 2.24) is 4.90 Å². The summed E-state index contributed by atoms with van der Waals surface area (Å²) >= 11 is 0. The molecule has 3 heterocycles. The Kier molecular flexibility index (Phi) is 3.15. The first-order chi connectivity index (χ1) is 9.19. The lowest BCUT2D eigenvalue weighted by molar-refractivity contribution is -0.118. The van der Waals surface area contributed by atoms with Gasteiger partial charge in [0.2, 0.25) is 0 Å². The van der Waals surface area contributed by atoms with Crippen LogP contribution in [0.25, 0.3) is 0 Å². The zero-order valence-corrected chi connectivity index (χ0v) is 11.6. The minimum absolute atomic E-state index is 0.318. The van der Waals surface area contributed by atoms with Crippen LogP contribution in [-0.2, 0) is 5.60 Å². The monoisotopic (exact) mass is 263 g/mol. The number of fused-ring (bicyclic) bond motifs is 3. The predicted molar refractivity (Wildman–Crippen MR) is 72.6 cm³/mol. The summed E-state index contributed by atoms with van der Waals surface area (Å²) in [5.74, 6) is 1.67. The number of ether oxygens (including phenoxy) is 2. The molecule has 0 radical (unpaired) electrons. The Labute approximate surface area is 113 Å². The van der Waals surface area contributed by atoms with Crippen LogP contribution in [0.3, 0.4) is 0 Å². The van der Waals surface area contributed by atoms with Gasteiger partial charge in [0.1, 0.15) is 5.60 Å². The van der Waals surface area contributed by atoms with Crippen molar-refractivity contribution in [2.24, 2.45) is 5.92 Å². The molecule has 0 amide bonds. The van der Waals surface area contributed by atoms with Crippen LogP contribution in [0.5, 0.6) is 11.5 Å². The van der Waals surface area contributed by atoms with Crippen molar-refractivity contribution in [3.05, 3.63) is 23.8 Å². The predicted octanol–water partition coefficient (Wildman–Crippen LogP) is 1.62. The molecule has 1 atom stereocenters. The average molecular weight is 263 g/mol. The molecule has 104 valence electrons. The van der Waals surface area contributed by atoms with Gasteiger partial charge in [-0.1, -0.05) is 12.1 Å². The molecule has 0 aromatic heterocycles. The largest absolute Gasteiger partial charge is 0.493 e. The molecule has 3 fully saturated rings. The fourth-order valence-corrected chi connectivity index (χ4v) is 3.57. The third kappa shape index (κ3) is 1.90. The van der Waals surface area contributed by atoms with Crippen LogP contribution < -0.4 is 9.47 Å². The summed E-state index contributed by atoms with van der Waals surface area (Å²) in [6, 6.07) is 5.75. The van der Waals surface area contributed by atoms with Crippen molar-refractivity contribution in [3.63, 3.8) is 0 Å². The van der Waals surface area contributed by atoms with Crippen LogP contribution in [0.1, 0.15) is 18.4 Å². The van der Waals surface area contributed by atoms with Gasteiger partial charge < -0.3 is 19.5 Å². The SMILES string of the molecule is COc1cccc(C2(O)CN3CCC2CC3)c1OC. The Morgan fingerprint density at radius 2 is 1.95 bits per heavy atom. The van der Waals surface area contributed by atoms with Crippen LogP contribution in [0.15, 0.2) is 18.2 Å². The van der Waals surface area contributed by atoms with Gasteiger partial charge in [-0.15, -0.1) is 0 Å². The number of hydrogen-bond acceptors (Lipinski definition) is 4. The molecule has 3 saturated heterocycles. The maximum Gasteiger partial charge on any atom is 0.166 e. The number of benzene rings is 1. The maximum atomic E-state index is 11.2. The highest BCUT2D eigenvalue weighted by atomic mass is 16.5. The van der Waals surface area contributed by atoms with E-state index in [1.807, 2.05) is 18.2 Å². The van der Waals surface area contributed by atoms with Crippen LogP contribution >= 0.6 is 0 Å². The van der Waals surface area contributed by atoms with Gasteiger partial charge in [0.25, 0.3) is 0 Å². The van der Waals surface area contributed by atoms with Crippen LogP contribution in [0, 0.1) is 5.92 Å². The lowest BCUT2D eigenvalue weighted by Crippen LogP contribution is -2.57. The van der Waals surface area contributed by atoms with Crippen molar-refractivity contribution < 1.29 is 14.6 Å². The van der Waals surface area contributed by atoms with E-state index in [1.54, 1.807) is 14.2 Å². The van der Waals surface area contributed by atoms with E-state index in [0.717, 1.165) is 31.5 Å². The van der Waals surface area contributed by atoms with E-state index in [9.17, 15) is 5.11 Å². The van der Waals surface area contributed by atoms with Gasteiger partial charge in [-0.25, -0.2) is 0 Å². The molecule has 0 spiro atoms. The third-order valence-corrected chi connectivity index (χ3v) is 4.60. The first-order valence-electron chi connectivity index (χ1n) is 6.85. The second kappa shape index (κ2) is 4.69. The molecule has 1 aromatic rings. The number of para-hydroxylation sites is 1. The van der Waals surface area contributed by atoms with Crippen LogP contribution in [-0.4, -0.2) is 43.9 Å². The minimum atomic E-state index is -0.809. The fourth-order valence-electron chi connectivity index (χ4n) is 3.57. The number of hydrogen-bond donors (Lipinski definition) is 1. The number of methoxy groups -OCH3 is 2. The Balaban J connectivity index is 2.06. The summed E-state index contributed by atoms with van der Waals surface area (Å²) in [7, 11) is 3.26. The Morgan fingerprint density at radius 1 is 1.21 bits per heavy atom. The summed E-state index contributed by atoms with van der Waals surface area (Å²) < 4.78 is 10.8. The maximum absolute atomic E-state index is 11.2. The van der Waals surface area contributed by atoms with E-state index >= 15 is 0 Å². The molecular formula is C15H21NO3. The molecule has 0 saturated carbocycles. The molecule has 3 aliphatic heterocycles. The third-order valence-electron chi connectivity index (χ3n) is 4.60. The average Bonchev–Trinajstić information content (AvgIpc) is 2.47. The molecule has 1 unspecified atom stereocenters. The van der Waals surface area contributed by atoms with Crippen molar-refractivity contribution >= 4 is 0 Å². The standard InChI is InChI=1S/C15H21NO3/c1-18-13-5-3-4-12(14(13)19-2)15(17)10-16-8-6-11(15)7-9-16/h3-5,11,17H,6-10H2,1-2H3. The van der Waals surface area contributed by atoms with Crippen molar-refractivity contribution in [3.8, 4) is 11.5 Å². The van der Waals surface area contributed by atoms with Crippen molar-refractivity contribution in [2.45, 2.75) is 18.4 Å². The summed E-state index contributed by atoms with van der Waals surface area (Å²) in [6.45, 7) is 2.89. The first-order valence-corrected chi connectivity index (χ1v) is 6.85. The second-order valence-corrected chi connectivity index (χ2v) is 5.52. The van der Waals surface area contributed by atoms with E-state index in [-0.39, 0.29) is 0 Å². The highest BCUT2D eigenvalue weighted by Gasteiger charge is 2.48. The molecule has 2 bridgehead atoms. The normalized spacial score (nSPS) is 33.2. The second-order valence-electron chi connectivity index (χ2n) is 5.52. The quantitative estimate of drug-likeness (QED) is 0.900. The van der Waals surface area contributed by atoms with E-state index in [0.29, 0.717) is 24.0 Å². The van der Waals surface area contributed by atoms with Gasteiger partial charge in [-0.2, -0.15) is 0 Å². The molecule has 1 aromatic carbocycles. The Bertz CT molecular complexity index is 468. The number of piperidine rings is 3. The van der Waals surface area contributed by atoms with E-state index in [4.69, 9.17) is 9.47 Å². The van der Waals surface area contributed by atoms with Gasteiger partial charge in [-0.05, 0) is 37.9 Å². The van der Waals surface area contributed by atoms with E-state index < -0.39 is 5.60 Å². The summed E-state index contributed by atoms with van der Waals surface area (Å²) in [4.78, 5) is 2.33. The number of nitrogens with zero attached hydrogens (tertiary/aromatic N) is 1. The van der Waals surface area contributed by atoms with Gasteiger partial charge in [0.15, 0.2) is 11.5 Å². The smallest absolute Gasteiger partial charge is 0.166 e. The highest BCUT2D eigenvalue weighted by molar-refractivity contribution is 5.50. The summed E-state index contributed by atoms with van der Waals surface area (Å²) in [5.41, 5.74) is 0.0554. The van der Waals surface area contributed by atoms with E-state index in [1.165, 1.54) is 0 Å². The Hall–Kier alpha value is -1.26. The molecule has 4 nitrogen and oxygen atoms in total.